The van der Waals surface area contributed by atoms with Gasteiger partial charge >= 0.3 is 0 Å². The van der Waals surface area contributed by atoms with Gasteiger partial charge < -0.3 is 5.32 Å². The Morgan fingerprint density at radius 1 is 0.857 bits per heavy atom. The molecule has 1 N–H and O–H groups in total. The number of nitrogens with one attached hydrogen (secondary N) is 1. The highest BCUT2D eigenvalue weighted by atomic mass is 19.1. The fraction of sp³-hybridized carbons (Fsp3) is 0.0625. The van der Waals surface area contributed by atoms with Gasteiger partial charge in [0.15, 0.2) is 0 Å². The first kappa shape index (κ1) is 13.2. The molecule has 3 heterocycles. The molecule has 3 aromatic rings. The fourth-order valence-corrected chi connectivity index (χ4v) is 1.94. The Morgan fingerprint density at radius 3 is 2.52 bits per heavy atom. The molecule has 104 valence electrons. The summed E-state index contributed by atoms with van der Waals surface area (Å²) in [5.41, 5.74) is 2.95. The molecule has 0 saturated carbocycles. The Morgan fingerprint density at radius 2 is 1.71 bits per heavy atom. The maximum absolute atomic E-state index is 13.5. The molecular weight excluding hydrogens is 267 g/mol. The van der Waals surface area contributed by atoms with E-state index in [0.717, 1.165) is 17.1 Å². The average molecular weight is 280 g/mol. The topological polar surface area (TPSA) is 50.7 Å². The molecule has 0 spiro atoms. The van der Waals surface area contributed by atoms with E-state index in [-0.39, 0.29) is 0 Å². The standard InChI is InChI=1S/C16H13FN4/c17-16-12(4-3-8-20-16)11-21-13-6-9-19-15(10-13)14-5-1-2-7-18-14/h1-10H,11H2,(H,19,21). The highest BCUT2D eigenvalue weighted by Crippen LogP contribution is 2.18. The summed E-state index contributed by atoms with van der Waals surface area (Å²) in [6.45, 7) is 0.366. The van der Waals surface area contributed by atoms with Crippen LogP contribution in [0.4, 0.5) is 10.1 Å². The number of hydrogen-bond acceptors (Lipinski definition) is 4. The highest BCUT2D eigenvalue weighted by molar-refractivity contribution is 5.60. The van der Waals surface area contributed by atoms with Crippen molar-refractivity contribution >= 4 is 5.69 Å². The van der Waals surface area contributed by atoms with Gasteiger partial charge in [0.05, 0.1) is 11.4 Å². The summed E-state index contributed by atoms with van der Waals surface area (Å²) in [5.74, 6) is -0.455. The minimum atomic E-state index is -0.455. The average Bonchev–Trinajstić information content (AvgIpc) is 2.55. The van der Waals surface area contributed by atoms with Gasteiger partial charge in [0.25, 0.3) is 0 Å². The van der Waals surface area contributed by atoms with E-state index in [2.05, 4.69) is 20.3 Å². The van der Waals surface area contributed by atoms with Crippen molar-refractivity contribution in [3.8, 4) is 11.4 Å². The fourth-order valence-electron chi connectivity index (χ4n) is 1.94. The van der Waals surface area contributed by atoms with Crippen LogP contribution in [-0.2, 0) is 6.54 Å². The van der Waals surface area contributed by atoms with Crippen LogP contribution < -0.4 is 5.32 Å². The van der Waals surface area contributed by atoms with Gasteiger partial charge in [-0.15, -0.1) is 0 Å². The van der Waals surface area contributed by atoms with Gasteiger partial charge in [-0.05, 0) is 30.3 Å². The molecule has 0 aromatic carbocycles. The summed E-state index contributed by atoms with van der Waals surface area (Å²) in [7, 11) is 0. The predicted molar refractivity (Wildman–Crippen MR) is 79.0 cm³/mol. The van der Waals surface area contributed by atoms with Crippen molar-refractivity contribution in [1.29, 1.82) is 0 Å². The zero-order valence-electron chi connectivity index (χ0n) is 11.2. The van der Waals surface area contributed by atoms with Crippen LogP contribution in [-0.4, -0.2) is 15.0 Å². The van der Waals surface area contributed by atoms with Gasteiger partial charge in [0.2, 0.25) is 5.95 Å². The second kappa shape index (κ2) is 6.09. The van der Waals surface area contributed by atoms with E-state index in [4.69, 9.17) is 0 Å². The summed E-state index contributed by atoms with van der Waals surface area (Å²) in [6, 6.07) is 12.8. The second-order valence-corrected chi connectivity index (χ2v) is 4.45. The Labute approximate surface area is 121 Å². The van der Waals surface area contributed by atoms with Crippen LogP contribution in [0.25, 0.3) is 11.4 Å². The molecule has 0 saturated heterocycles. The molecule has 3 aromatic heterocycles. The molecule has 0 bridgehead atoms. The molecule has 4 nitrogen and oxygen atoms in total. The van der Waals surface area contributed by atoms with Crippen LogP contribution in [0, 0.1) is 5.95 Å². The van der Waals surface area contributed by atoms with E-state index in [1.54, 1.807) is 24.5 Å². The number of rotatable bonds is 4. The van der Waals surface area contributed by atoms with Crippen molar-refractivity contribution in [3.05, 3.63) is 72.6 Å². The molecule has 0 radical (unpaired) electrons. The molecule has 21 heavy (non-hydrogen) atoms. The molecule has 0 aliphatic heterocycles. The minimum absolute atomic E-state index is 0.366. The molecule has 0 fully saturated rings. The number of pyridine rings is 3. The second-order valence-electron chi connectivity index (χ2n) is 4.45. The summed E-state index contributed by atoms with van der Waals surface area (Å²) in [5, 5.41) is 3.16. The van der Waals surface area contributed by atoms with Crippen LogP contribution in [0.5, 0.6) is 0 Å². The highest BCUT2D eigenvalue weighted by Gasteiger charge is 2.04. The van der Waals surface area contributed by atoms with E-state index in [1.807, 2.05) is 30.3 Å². The van der Waals surface area contributed by atoms with Crippen LogP contribution in [0.2, 0.25) is 0 Å². The summed E-state index contributed by atoms with van der Waals surface area (Å²) >= 11 is 0. The maximum atomic E-state index is 13.5. The molecule has 5 heteroatoms. The van der Waals surface area contributed by atoms with E-state index < -0.39 is 5.95 Å². The van der Waals surface area contributed by atoms with E-state index in [1.165, 1.54) is 6.20 Å². The lowest BCUT2D eigenvalue weighted by Gasteiger charge is -2.08. The van der Waals surface area contributed by atoms with Crippen molar-refractivity contribution in [2.24, 2.45) is 0 Å². The Hall–Kier alpha value is -2.82. The van der Waals surface area contributed by atoms with E-state index >= 15 is 0 Å². The van der Waals surface area contributed by atoms with Crippen LogP contribution in [0.15, 0.2) is 61.1 Å². The first-order valence-electron chi connectivity index (χ1n) is 6.53. The summed E-state index contributed by atoms with van der Waals surface area (Å²) < 4.78 is 13.5. The monoisotopic (exact) mass is 280 g/mol. The van der Waals surface area contributed by atoms with Crippen molar-refractivity contribution in [3.63, 3.8) is 0 Å². The third kappa shape index (κ3) is 3.20. The van der Waals surface area contributed by atoms with Crippen molar-refractivity contribution in [2.75, 3.05) is 5.32 Å². The molecule has 0 atom stereocenters. The number of aromatic nitrogens is 3. The molecule has 0 unspecified atom stereocenters. The van der Waals surface area contributed by atoms with Gasteiger partial charge in [-0.2, -0.15) is 4.39 Å². The predicted octanol–water partition coefficient (Wildman–Crippen LogP) is 3.29. The Bertz CT molecular complexity index is 731. The SMILES string of the molecule is Fc1ncccc1CNc1ccnc(-c2ccccn2)c1. The first-order chi connectivity index (χ1) is 10.3. The van der Waals surface area contributed by atoms with Crippen molar-refractivity contribution < 1.29 is 4.39 Å². The number of halogens is 1. The molecular formula is C16H13FN4. The zero-order valence-corrected chi connectivity index (χ0v) is 11.2. The molecule has 0 aliphatic rings. The minimum Gasteiger partial charge on any atom is -0.381 e. The van der Waals surface area contributed by atoms with Gasteiger partial charge in [-0.1, -0.05) is 12.1 Å². The lowest BCUT2D eigenvalue weighted by Crippen LogP contribution is -2.03. The largest absolute Gasteiger partial charge is 0.381 e. The molecule has 0 aliphatic carbocycles. The van der Waals surface area contributed by atoms with E-state index in [0.29, 0.717) is 12.1 Å². The summed E-state index contributed by atoms with van der Waals surface area (Å²) in [6.07, 6.45) is 4.86. The lowest BCUT2D eigenvalue weighted by atomic mass is 10.2. The Balaban J connectivity index is 1.77. The van der Waals surface area contributed by atoms with Crippen LogP contribution >= 0.6 is 0 Å². The van der Waals surface area contributed by atoms with E-state index in [9.17, 15) is 4.39 Å². The smallest absolute Gasteiger partial charge is 0.217 e. The lowest BCUT2D eigenvalue weighted by molar-refractivity contribution is 0.569. The van der Waals surface area contributed by atoms with Gasteiger partial charge in [0, 0.05) is 36.4 Å². The van der Waals surface area contributed by atoms with Crippen LogP contribution in [0.3, 0.4) is 0 Å². The van der Waals surface area contributed by atoms with Crippen LogP contribution in [0.1, 0.15) is 5.56 Å². The molecule has 0 amide bonds. The number of nitrogens with zero attached hydrogens (tertiary/aromatic N) is 3. The van der Waals surface area contributed by atoms with Gasteiger partial charge in [-0.25, -0.2) is 4.98 Å². The first-order valence-corrected chi connectivity index (χ1v) is 6.53. The zero-order chi connectivity index (χ0) is 14.5. The quantitative estimate of drug-likeness (QED) is 0.745. The molecule has 3 rings (SSSR count). The maximum Gasteiger partial charge on any atom is 0.217 e. The third-order valence-electron chi connectivity index (χ3n) is 3.01. The number of anilines is 1. The van der Waals surface area contributed by atoms with Crippen molar-refractivity contribution in [1.82, 2.24) is 15.0 Å². The van der Waals surface area contributed by atoms with Gasteiger partial charge in [-0.3, -0.25) is 9.97 Å². The summed E-state index contributed by atoms with van der Waals surface area (Å²) in [4.78, 5) is 12.2. The Kier molecular flexibility index (Phi) is 3.82. The van der Waals surface area contributed by atoms with Gasteiger partial charge in [0.1, 0.15) is 0 Å². The third-order valence-corrected chi connectivity index (χ3v) is 3.01. The van der Waals surface area contributed by atoms with Crippen molar-refractivity contribution in [2.45, 2.75) is 6.54 Å². The normalized spacial score (nSPS) is 10.3. The number of hydrogen-bond donors (Lipinski definition) is 1.